The summed E-state index contributed by atoms with van der Waals surface area (Å²) < 4.78 is 30.6. The molecule has 1 aromatic rings. The van der Waals surface area contributed by atoms with Crippen LogP contribution in [0.3, 0.4) is 0 Å². The van der Waals surface area contributed by atoms with Crippen molar-refractivity contribution in [3.8, 4) is 0 Å². The van der Waals surface area contributed by atoms with Crippen LogP contribution in [0.5, 0.6) is 0 Å². The quantitative estimate of drug-likeness (QED) is 0.853. The van der Waals surface area contributed by atoms with Crippen LogP contribution in [0.25, 0.3) is 0 Å². The van der Waals surface area contributed by atoms with Gasteiger partial charge in [-0.05, 0) is 37.8 Å². The second-order valence-corrected chi connectivity index (χ2v) is 7.67. The molecule has 0 aromatic carbocycles. The highest BCUT2D eigenvalue weighted by molar-refractivity contribution is 7.91. The summed E-state index contributed by atoms with van der Waals surface area (Å²) in [7, 11) is -3.28. The van der Waals surface area contributed by atoms with Crippen LogP contribution in [0.15, 0.2) is 29.4 Å². The lowest BCUT2D eigenvalue weighted by molar-refractivity contribution is -0.0273. The van der Waals surface area contributed by atoms with Crippen LogP contribution in [0.1, 0.15) is 38.5 Å². The summed E-state index contributed by atoms with van der Waals surface area (Å²) in [6, 6.07) is 3.25. The molecule has 0 bridgehead atoms. The minimum atomic E-state index is -3.28. The van der Waals surface area contributed by atoms with Gasteiger partial charge in [-0.15, -0.1) is 0 Å². The average molecular weight is 281 g/mol. The zero-order valence-corrected chi connectivity index (χ0v) is 11.7. The minimum absolute atomic E-state index is 0.00484. The first kappa shape index (κ1) is 13.1. The van der Waals surface area contributed by atoms with Crippen LogP contribution in [0, 0.1) is 0 Å². The van der Waals surface area contributed by atoms with Crippen molar-refractivity contribution in [1.82, 2.24) is 4.98 Å². The van der Waals surface area contributed by atoms with Crippen molar-refractivity contribution >= 4 is 9.84 Å². The molecule has 0 N–H and O–H groups in total. The molecule has 3 rings (SSSR count). The molecule has 1 unspecified atom stereocenters. The number of hydrogen-bond donors (Lipinski definition) is 0. The molecule has 1 saturated carbocycles. The van der Waals surface area contributed by atoms with Gasteiger partial charge in [-0.2, -0.15) is 0 Å². The Bertz CT molecular complexity index is 535. The van der Waals surface area contributed by atoms with Crippen LogP contribution in [-0.2, 0) is 14.6 Å². The number of nitrogens with zero attached hydrogens (tertiary/aromatic N) is 1. The van der Waals surface area contributed by atoms with Gasteiger partial charge in [0.05, 0.1) is 22.4 Å². The normalized spacial score (nSPS) is 26.0. The van der Waals surface area contributed by atoms with E-state index in [0.29, 0.717) is 4.90 Å². The number of aromatic nitrogens is 1. The SMILES string of the molecule is O=S(=O)(CC1CCC2(CCCC2)O1)c1cccnc1. The number of pyridine rings is 1. The maximum absolute atomic E-state index is 12.3. The number of rotatable bonds is 3. The van der Waals surface area contributed by atoms with Gasteiger partial charge in [0.2, 0.25) is 0 Å². The lowest BCUT2D eigenvalue weighted by Crippen LogP contribution is -2.28. The van der Waals surface area contributed by atoms with Crippen molar-refractivity contribution in [2.45, 2.75) is 55.1 Å². The Morgan fingerprint density at radius 3 is 2.79 bits per heavy atom. The lowest BCUT2D eigenvalue weighted by Gasteiger charge is -2.23. The smallest absolute Gasteiger partial charge is 0.182 e. The molecule has 1 atom stereocenters. The molecule has 2 aliphatic rings. The van der Waals surface area contributed by atoms with Crippen LogP contribution < -0.4 is 0 Å². The first-order valence-corrected chi connectivity index (χ1v) is 8.56. The Kier molecular flexibility index (Phi) is 3.35. The second kappa shape index (κ2) is 4.87. The molecule has 5 heteroatoms. The van der Waals surface area contributed by atoms with Gasteiger partial charge in [0.1, 0.15) is 0 Å². The maximum Gasteiger partial charge on any atom is 0.182 e. The summed E-state index contributed by atoms with van der Waals surface area (Å²) in [5.41, 5.74) is -0.00484. The number of sulfone groups is 1. The molecule has 2 fully saturated rings. The van der Waals surface area contributed by atoms with Crippen molar-refractivity contribution in [2.75, 3.05) is 5.75 Å². The van der Waals surface area contributed by atoms with Crippen molar-refractivity contribution < 1.29 is 13.2 Å². The molecule has 19 heavy (non-hydrogen) atoms. The fraction of sp³-hybridized carbons (Fsp3) is 0.643. The minimum Gasteiger partial charge on any atom is -0.371 e. The van der Waals surface area contributed by atoms with Gasteiger partial charge in [0.25, 0.3) is 0 Å². The largest absolute Gasteiger partial charge is 0.371 e. The highest BCUT2D eigenvalue weighted by atomic mass is 32.2. The summed E-state index contributed by atoms with van der Waals surface area (Å²) in [4.78, 5) is 4.17. The molecule has 1 saturated heterocycles. The van der Waals surface area contributed by atoms with Gasteiger partial charge in [-0.1, -0.05) is 12.8 Å². The molecule has 104 valence electrons. The fourth-order valence-corrected chi connectivity index (χ4v) is 4.70. The van der Waals surface area contributed by atoms with Gasteiger partial charge in [0, 0.05) is 12.4 Å². The van der Waals surface area contributed by atoms with Gasteiger partial charge in [-0.3, -0.25) is 4.98 Å². The van der Waals surface area contributed by atoms with E-state index in [2.05, 4.69) is 4.98 Å². The first-order chi connectivity index (χ1) is 9.10. The van der Waals surface area contributed by atoms with Crippen LogP contribution in [0.4, 0.5) is 0 Å². The van der Waals surface area contributed by atoms with E-state index in [4.69, 9.17) is 4.74 Å². The summed E-state index contributed by atoms with van der Waals surface area (Å²) >= 11 is 0. The van der Waals surface area contributed by atoms with Gasteiger partial charge in [0.15, 0.2) is 9.84 Å². The third kappa shape index (κ3) is 2.67. The van der Waals surface area contributed by atoms with Gasteiger partial charge < -0.3 is 4.74 Å². The zero-order chi connectivity index (χ0) is 13.3. The van der Waals surface area contributed by atoms with Crippen molar-refractivity contribution in [3.05, 3.63) is 24.5 Å². The monoisotopic (exact) mass is 281 g/mol. The van der Waals surface area contributed by atoms with E-state index in [1.54, 1.807) is 18.3 Å². The van der Waals surface area contributed by atoms with Crippen molar-refractivity contribution in [1.29, 1.82) is 0 Å². The third-order valence-electron chi connectivity index (χ3n) is 4.25. The summed E-state index contributed by atoms with van der Waals surface area (Å²) in [6.45, 7) is 0. The molecule has 0 amide bonds. The van der Waals surface area contributed by atoms with E-state index >= 15 is 0 Å². The fourth-order valence-electron chi connectivity index (χ4n) is 3.27. The Hall–Kier alpha value is -0.940. The summed E-state index contributed by atoms with van der Waals surface area (Å²) in [5, 5.41) is 0. The highest BCUT2D eigenvalue weighted by Crippen LogP contribution is 2.43. The highest BCUT2D eigenvalue weighted by Gasteiger charge is 2.43. The van der Waals surface area contributed by atoms with E-state index in [1.165, 1.54) is 19.0 Å². The lowest BCUT2D eigenvalue weighted by atomic mass is 9.98. The Labute approximate surface area is 114 Å². The molecule has 0 radical (unpaired) electrons. The zero-order valence-electron chi connectivity index (χ0n) is 10.9. The van der Waals surface area contributed by atoms with E-state index < -0.39 is 9.84 Å². The van der Waals surface area contributed by atoms with Gasteiger partial charge >= 0.3 is 0 Å². The first-order valence-electron chi connectivity index (χ1n) is 6.90. The van der Waals surface area contributed by atoms with E-state index in [0.717, 1.165) is 25.7 Å². The number of hydrogen-bond acceptors (Lipinski definition) is 4. The second-order valence-electron chi connectivity index (χ2n) is 5.64. The molecular formula is C14H19NO3S. The number of ether oxygens (including phenoxy) is 1. The molecule has 2 heterocycles. The molecular weight excluding hydrogens is 262 g/mol. The Morgan fingerprint density at radius 1 is 1.32 bits per heavy atom. The maximum atomic E-state index is 12.3. The molecule has 1 aliphatic carbocycles. The van der Waals surface area contributed by atoms with Gasteiger partial charge in [-0.25, -0.2) is 8.42 Å². The topological polar surface area (TPSA) is 56.3 Å². The Morgan fingerprint density at radius 2 is 2.11 bits per heavy atom. The van der Waals surface area contributed by atoms with Crippen LogP contribution >= 0.6 is 0 Å². The molecule has 1 aliphatic heterocycles. The van der Waals surface area contributed by atoms with Crippen LogP contribution in [0.2, 0.25) is 0 Å². The molecule has 1 aromatic heterocycles. The van der Waals surface area contributed by atoms with Crippen LogP contribution in [-0.4, -0.2) is 30.9 Å². The van der Waals surface area contributed by atoms with E-state index in [1.807, 2.05) is 0 Å². The van der Waals surface area contributed by atoms with Crippen molar-refractivity contribution in [3.63, 3.8) is 0 Å². The third-order valence-corrected chi connectivity index (χ3v) is 6.02. The summed E-state index contributed by atoms with van der Waals surface area (Å²) in [5.74, 6) is 0.0838. The molecule has 4 nitrogen and oxygen atoms in total. The summed E-state index contributed by atoms with van der Waals surface area (Å²) in [6.07, 6.45) is 9.33. The van der Waals surface area contributed by atoms with Crippen molar-refractivity contribution in [2.24, 2.45) is 0 Å². The molecule has 1 spiro atoms. The predicted octanol–water partition coefficient (Wildman–Crippen LogP) is 2.35. The Balaban J connectivity index is 1.69. The van der Waals surface area contributed by atoms with E-state index in [9.17, 15) is 8.42 Å². The average Bonchev–Trinajstić information content (AvgIpc) is 3.01. The standard InChI is InChI=1S/C14H19NO3S/c16-19(17,13-4-3-9-15-10-13)11-12-5-8-14(18-12)6-1-2-7-14/h3-4,9-10,12H,1-2,5-8,11H2. The predicted molar refractivity (Wildman–Crippen MR) is 71.6 cm³/mol. The van der Waals surface area contributed by atoms with E-state index in [-0.39, 0.29) is 17.5 Å².